The van der Waals surface area contributed by atoms with Crippen molar-refractivity contribution in [2.24, 2.45) is 5.73 Å². The summed E-state index contributed by atoms with van der Waals surface area (Å²) in [5.41, 5.74) is 8.73. The van der Waals surface area contributed by atoms with Gasteiger partial charge in [0.15, 0.2) is 0 Å². The van der Waals surface area contributed by atoms with Gasteiger partial charge in [0.05, 0.1) is 12.3 Å². The fourth-order valence-corrected chi connectivity index (χ4v) is 1.79. The normalized spacial score (nSPS) is 10.4. The molecule has 0 amide bonds. The smallest absolute Gasteiger partial charge is 0.356 e. The minimum absolute atomic E-state index is 0.348. The first-order chi connectivity index (χ1) is 9.24. The summed E-state index contributed by atoms with van der Waals surface area (Å²) >= 11 is 0. The molecule has 0 atom stereocenters. The van der Waals surface area contributed by atoms with Gasteiger partial charge in [0.1, 0.15) is 5.69 Å². The molecule has 2 aromatic rings. The number of carbonyl (C=O) groups is 1. The Kier molecular flexibility index (Phi) is 4.30. The number of ether oxygens (including phenoxy) is 1. The summed E-state index contributed by atoms with van der Waals surface area (Å²) in [6.45, 7) is 2.75. The zero-order valence-corrected chi connectivity index (χ0v) is 10.8. The predicted octanol–water partition coefficient (Wildman–Crippen LogP) is 1.75. The van der Waals surface area contributed by atoms with Crippen LogP contribution in [0.15, 0.2) is 30.3 Å². The van der Waals surface area contributed by atoms with Crippen molar-refractivity contribution in [2.75, 3.05) is 13.2 Å². The van der Waals surface area contributed by atoms with Gasteiger partial charge in [-0.05, 0) is 31.5 Å². The first-order valence-electron chi connectivity index (χ1n) is 6.26. The Morgan fingerprint density at radius 2 is 2.11 bits per heavy atom. The Hall–Kier alpha value is -2.14. The molecule has 0 aliphatic rings. The van der Waals surface area contributed by atoms with Crippen LogP contribution < -0.4 is 5.73 Å². The van der Waals surface area contributed by atoms with Gasteiger partial charge in [0.25, 0.3) is 0 Å². The molecule has 0 bridgehead atoms. The molecule has 0 saturated carbocycles. The minimum Gasteiger partial charge on any atom is -0.461 e. The number of esters is 1. The maximum absolute atomic E-state index is 11.5. The zero-order chi connectivity index (χ0) is 13.7. The van der Waals surface area contributed by atoms with E-state index in [2.05, 4.69) is 10.2 Å². The average Bonchev–Trinajstić information content (AvgIpc) is 2.90. The van der Waals surface area contributed by atoms with Crippen molar-refractivity contribution in [1.82, 2.24) is 10.2 Å². The van der Waals surface area contributed by atoms with Crippen molar-refractivity contribution in [2.45, 2.75) is 13.3 Å². The molecule has 100 valence electrons. The van der Waals surface area contributed by atoms with Crippen LogP contribution in [0.1, 0.15) is 23.0 Å². The van der Waals surface area contributed by atoms with Gasteiger partial charge in [-0.3, -0.25) is 5.10 Å². The van der Waals surface area contributed by atoms with Crippen molar-refractivity contribution >= 4 is 5.97 Å². The maximum Gasteiger partial charge on any atom is 0.356 e. The molecule has 5 nitrogen and oxygen atoms in total. The van der Waals surface area contributed by atoms with E-state index in [1.807, 2.05) is 24.3 Å². The van der Waals surface area contributed by atoms with Crippen LogP contribution in [0.2, 0.25) is 0 Å². The van der Waals surface area contributed by atoms with E-state index in [4.69, 9.17) is 10.5 Å². The lowest BCUT2D eigenvalue weighted by molar-refractivity contribution is 0.0519. The summed E-state index contributed by atoms with van der Waals surface area (Å²) in [5, 5.41) is 6.80. The van der Waals surface area contributed by atoms with Crippen LogP contribution in [0.4, 0.5) is 0 Å². The molecule has 19 heavy (non-hydrogen) atoms. The molecule has 1 aromatic carbocycles. The van der Waals surface area contributed by atoms with E-state index in [0.717, 1.165) is 17.7 Å². The molecule has 0 unspecified atom stereocenters. The first-order valence-corrected chi connectivity index (χ1v) is 6.26. The van der Waals surface area contributed by atoms with Crippen LogP contribution in [0.3, 0.4) is 0 Å². The van der Waals surface area contributed by atoms with Crippen molar-refractivity contribution in [3.05, 3.63) is 41.6 Å². The molecule has 1 aromatic heterocycles. The SMILES string of the molecule is CCOC(=O)c1cc(-c2ccc(CCN)cc2)n[nH]1. The van der Waals surface area contributed by atoms with Crippen LogP contribution in [0.5, 0.6) is 0 Å². The van der Waals surface area contributed by atoms with Gasteiger partial charge in [0, 0.05) is 5.56 Å². The van der Waals surface area contributed by atoms with Crippen LogP contribution >= 0.6 is 0 Å². The molecule has 1 heterocycles. The van der Waals surface area contributed by atoms with Gasteiger partial charge in [-0.2, -0.15) is 5.10 Å². The fourth-order valence-electron chi connectivity index (χ4n) is 1.79. The van der Waals surface area contributed by atoms with Crippen LogP contribution in [0.25, 0.3) is 11.3 Å². The Balaban J connectivity index is 2.15. The largest absolute Gasteiger partial charge is 0.461 e. The third kappa shape index (κ3) is 3.20. The highest BCUT2D eigenvalue weighted by Gasteiger charge is 2.11. The first kappa shape index (κ1) is 13.3. The highest BCUT2D eigenvalue weighted by Crippen LogP contribution is 2.18. The van der Waals surface area contributed by atoms with E-state index in [-0.39, 0.29) is 5.97 Å². The molecule has 0 aliphatic carbocycles. The minimum atomic E-state index is -0.388. The average molecular weight is 259 g/mol. The fraction of sp³-hybridized carbons (Fsp3) is 0.286. The summed E-state index contributed by atoms with van der Waals surface area (Å²) in [4.78, 5) is 11.5. The number of nitrogens with two attached hydrogens (primary N) is 1. The molecular weight excluding hydrogens is 242 g/mol. The number of carbonyl (C=O) groups excluding carboxylic acids is 1. The predicted molar refractivity (Wildman–Crippen MR) is 72.7 cm³/mol. The number of H-pyrrole nitrogens is 1. The van der Waals surface area contributed by atoms with Crippen LogP contribution in [-0.4, -0.2) is 29.3 Å². The number of nitrogens with one attached hydrogen (secondary N) is 1. The number of aromatic nitrogens is 2. The number of benzene rings is 1. The van der Waals surface area contributed by atoms with Gasteiger partial charge in [-0.15, -0.1) is 0 Å². The van der Waals surface area contributed by atoms with Gasteiger partial charge < -0.3 is 10.5 Å². The molecule has 0 aliphatic heterocycles. The van der Waals surface area contributed by atoms with E-state index in [9.17, 15) is 4.79 Å². The Morgan fingerprint density at radius 1 is 1.37 bits per heavy atom. The highest BCUT2D eigenvalue weighted by atomic mass is 16.5. The summed E-state index contributed by atoms with van der Waals surface area (Å²) < 4.78 is 4.90. The van der Waals surface area contributed by atoms with Crippen molar-refractivity contribution in [3.63, 3.8) is 0 Å². The van der Waals surface area contributed by atoms with E-state index in [1.165, 1.54) is 5.56 Å². The quantitative estimate of drug-likeness (QED) is 0.802. The van der Waals surface area contributed by atoms with Gasteiger partial charge >= 0.3 is 5.97 Å². The lowest BCUT2D eigenvalue weighted by atomic mass is 10.1. The standard InChI is InChI=1S/C14H17N3O2/c1-2-19-14(18)13-9-12(16-17-13)11-5-3-10(4-6-11)7-8-15/h3-6,9H,2,7-8,15H2,1H3,(H,16,17). The number of rotatable bonds is 5. The van der Waals surface area contributed by atoms with Gasteiger partial charge in [0.2, 0.25) is 0 Å². The third-order valence-corrected chi connectivity index (χ3v) is 2.76. The van der Waals surface area contributed by atoms with Gasteiger partial charge in [-0.25, -0.2) is 4.79 Å². The second kappa shape index (κ2) is 6.15. The number of nitrogens with zero attached hydrogens (tertiary/aromatic N) is 1. The summed E-state index contributed by atoms with van der Waals surface area (Å²) in [7, 11) is 0. The highest BCUT2D eigenvalue weighted by molar-refractivity contribution is 5.88. The number of aromatic amines is 1. The molecular formula is C14H17N3O2. The Bertz CT molecular complexity index is 546. The molecule has 0 saturated heterocycles. The molecule has 3 N–H and O–H groups in total. The number of hydrogen-bond donors (Lipinski definition) is 2. The van der Waals surface area contributed by atoms with Crippen LogP contribution in [0, 0.1) is 0 Å². The maximum atomic E-state index is 11.5. The lowest BCUT2D eigenvalue weighted by Gasteiger charge is -2.00. The second-order valence-electron chi connectivity index (χ2n) is 4.12. The van der Waals surface area contributed by atoms with Crippen molar-refractivity contribution < 1.29 is 9.53 Å². The van der Waals surface area contributed by atoms with E-state index >= 15 is 0 Å². The molecule has 0 spiro atoms. The van der Waals surface area contributed by atoms with E-state index in [1.54, 1.807) is 13.0 Å². The van der Waals surface area contributed by atoms with Crippen LogP contribution in [-0.2, 0) is 11.2 Å². The Morgan fingerprint density at radius 3 is 2.74 bits per heavy atom. The lowest BCUT2D eigenvalue weighted by Crippen LogP contribution is -2.04. The molecule has 2 rings (SSSR count). The van der Waals surface area contributed by atoms with Gasteiger partial charge in [-0.1, -0.05) is 24.3 Å². The monoisotopic (exact) mass is 259 g/mol. The second-order valence-corrected chi connectivity index (χ2v) is 4.12. The Labute approximate surface area is 111 Å². The van der Waals surface area contributed by atoms with Crippen molar-refractivity contribution in [1.29, 1.82) is 0 Å². The summed E-state index contributed by atoms with van der Waals surface area (Å²) in [5.74, 6) is -0.388. The summed E-state index contributed by atoms with van der Waals surface area (Å²) in [6, 6.07) is 9.66. The summed E-state index contributed by atoms with van der Waals surface area (Å²) in [6.07, 6.45) is 0.856. The van der Waals surface area contributed by atoms with Crippen molar-refractivity contribution in [3.8, 4) is 11.3 Å². The topological polar surface area (TPSA) is 81.0 Å². The molecule has 0 radical (unpaired) electrons. The van der Waals surface area contributed by atoms with E-state index in [0.29, 0.717) is 18.8 Å². The number of hydrogen-bond acceptors (Lipinski definition) is 4. The molecule has 5 heteroatoms. The zero-order valence-electron chi connectivity index (χ0n) is 10.8. The molecule has 0 fully saturated rings. The third-order valence-electron chi connectivity index (χ3n) is 2.76. The van der Waals surface area contributed by atoms with E-state index < -0.39 is 0 Å².